The van der Waals surface area contributed by atoms with E-state index in [0.29, 0.717) is 66.1 Å². The average Bonchev–Trinajstić information content (AvgIpc) is 2.75. The Labute approximate surface area is 177 Å². The maximum absolute atomic E-state index is 5.59. The summed E-state index contributed by atoms with van der Waals surface area (Å²) in [5.74, 6) is 0. The molecule has 1 saturated heterocycles. The molecule has 0 aromatic rings. The Morgan fingerprint density at radius 1 is 0.586 bits per heavy atom. The maximum atomic E-state index is 5.59. The Morgan fingerprint density at radius 3 is 1.62 bits per heavy atom. The Bertz CT molecular complexity index is 312. The molecule has 29 heavy (non-hydrogen) atoms. The second kappa shape index (κ2) is 22.4. The van der Waals surface area contributed by atoms with Crippen LogP contribution >= 0.6 is 0 Å². The van der Waals surface area contributed by atoms with E-state index in [4.69, 9.17) is 33.2 Å². The fraction of sp³-hybridized carbons (Fsp3) is 1.00. The molecule has 0 spiro atoms. The highest BCUT2D eigenvalue weighted by Crippen LogP contribution is 2.13. The summed E-state index contributed by atoms with van der Waals surface area (Å²) in [4.78, 5) is 0. The normalized spacial score (nSPS) is 17.1. The van der Waals surface area contributed by atoms with Gasteiger partial charge in [-0.2, -0.15) is 0 Å². The van der Waals surface area contributed by atoms with Crippen molar-refractivity contribution in [3.8, 4) is 0 Å². The molecular formula is C22H44O7. The molecule has 0 aromatic carbocycles. The number of unbranched alkanes of at least 4 members (excludes halogenated alkanes) is 4. The van der Waals surface area contributed by atoms with E-state index < -0.39 is 0 Å². The molecule has 0 aromatic heterocycles. The maximum Gasteiger partial charge on any atom is 0.157 e. The summed E-state index contributed by atoms with van der Waals surface area (Å²) in [6, 6.07) is 0. The minimum absolute atomic E-state index is 0.0439. The molecule has 1 aliphatic heterocycles. The molecule has 1 atom stereocenters. The molecule has 0 N–H and O–H groups in total. The lowest BCUT2D eigenvalue weighted by atomic mass is 10.2. The fourth-order valence-electron chi connectivity index (χ4n) is 2.87. The number of hydrogen-bond acceptors (Lipinski definition) is 7. The average molecular weight is 421 g/mol. The minimum atomic E-state index is -0.0439. The second-order valence-corrected chi connectivity index (χ2v) is 7.14. The summed E-state index contributed by atoms with van der Waals surface area (Å²) in [6.45, 7) is 9.74. The van der Waals surface area contributed by atoms with Crippen molar-refractivity contribution in [1.82, 2.24) is 0 Å². The molecule has 1 aliphatic rings. The van der Waals surface area contributed by atoms with Gasteiger partial charge in [0.05, 0.1) is 66.1 Å². The third kappa shape index (κ3) is 19.4. The molecule has 0 radical (unpaired) electrons. The summed E-state index contributed by atoms with van der Waals surface area (Å²) < 4.78 is 38.5. The highest BCUT2D eigenvalue weighted by atomic mass is 16.7. The van der Waals surface area contributed by atoms with Gasteiger partial charge in [-0.25, -0.2) is 0 Å². The van der Waals surface area contributed by atoms with E-state index in [-0.39, 0.29) is 6.29 Å². The first-order valence-corrected chi connectivity index (χ1v) is 11.6. The lowest BCUT2D eigenvalue weighted by Crippen LogP contribution is -2.24. The first kappa shape index (κ1) is 26.8. The molecule has 174 valence electrons. The van der Waals surface area contributed by atoms with Gasteiger partial charge >= 0.3 is 0 Å². The standard InChI is InChI=1S/C22H44O7/c1-2-3-4-5-7-10-23-12-13-24-14-15-25-16-17-26-18-19-27-20-21-29-22-9-6-8-11-28-22/h22H,2-21H2,1H3. The largest absolute Gasteiger partial charge is 0.379 e. The van der Waals surface area contributed by atoms with Gasteiger partial charge in [0.25, 0.3) is 0 Å². The predicted octanol–water partition coefficient (Wildman–Crippen LogP) is 3.58. The lowest BCUT2D eigenvalue weighted by molar-refractivity contribution is -0.169. The van der Waals surface area contributed by atoms with Crippen LogP contribution in [0, 0.1) is 0 Å². The third-order valence-electron chi connectivity index (χ3n) is 4.55. The lowest BCUT2D eigenvalue weighted by Gasteiger charge is -2.22. The molecule has 0 aliphatic carbocycles. The zero-order chi connectivity index (χ0) is 20.7. The Kier molecular flexibility index (Phi) is 20.7. The molecule has 0 amide bonds. The molecule has 7 nitrogen and oxygen atoms in total. The molecule has 0 saturated carbocycles. The van der Waals surface area contributed by atoms with Gasteiger partial charge in [-0.15, -0.1) is 0 Å². The van der Waals surface area contributed by atoms with E-state index in [9.17, 15) is 0 Å². The van der Waals surface area contributed by atoms with Crippen LogP contribution in [0.25, 0.3) is 0 Å². The van der Waals surface area contributed by atoms with Gasteiger partial charge in [0.15, 0.2) is 6.29 Å². The van der Waals surface area contributed by atoms with Crippen LogP contribution in [-0.4, -0.2) is 85.6 Å². The molecule has 1 unspecified atom stereocenters. The molecular weight excluding hydrogens is 376 g/mol. The van der Waals surface area contributed by atoms with Crippen LogP contribution in [0.1, 0.15) is 58.3 Å². The van der Waals surface area contributed by atoms with Crippen molar-refractivity contribution in [3.63, 3.8) is 0 Å². The summed E-state index contributed by atoms with van der Waals surface area (Å²) >= 11 is 0. The highest BCUT2D eigenvalue weighted by Gasteiger charge is 2.13. The quantitative estimate of drug-likeness (QED) is 0.248. The van der Waals surface area contributed by atoms with Crippen LogP contribution in [0.2, 0.25) is 0 Å². The van der Waals surface area contributed by atoms with Gasteiger partial charge in [-0.1, -0.05) is 32.6 Å². The minimum Gasteiger partial charge on any atom is -0.379 e. The number of hydrogen-bond donors (Lipinski definition) is 0. The highest BCUT2D eigenvalue weighted by molar-refractivity contribution is 4.53. The Hall–Kier alpha value is -0.280. The van der Waals surface area contributed by atoms with E-state index in [0.717, 1.165) is 32.5 Å². The van der Waals surface area contributed by atoms with E-state index in [1.807, 2.05) is 0 Å². The van der Waals surface area contributed by atoms with Crippen molar-refractivity contribution >= 4 is 0 Å². The Balaban J connectivity index is 1.63. The van der Waals surface area contributed by atoms with E-state index in [1.165, 1.54) is 32.1 Å². The summed E-state index contributed by atoms with van der Waals surface area (Å²) in [7, 11) is 0. The smallest absolute Gasteiger partial charge is 0.157 e. The fourth-order valence-corrected chi connectivity index (χ4v) is 2.87. The van der Waals surface area contributed by atoms with Crippen molar-refractivity contribution in [3.05, 3.63) is 0 Å². The molecule has 1 heterocycles. The van der Waals surface area contributed by atoms with Crippen LogP contribution in [0.4, 0.5) is 0 Å². The van der Waals surface area contributed by atoms with E-state index in [1.54, 1.807) is 0 Å². The van der Waals surface area contributed by atoms with Gasteiger partial charge in [-0.05, 0) is 25.7 Å². The van der Waals surface area contributed by atoms with Gasteiger partial charge in [0.2, 0.25) is 0 Å². The first-order valence-electron chi connectivity index (χ1n) is 11.6. The van der Waals surface area contributed by atoms with Crippen molar-refractivity contribution < 1.29 is 33.2 Å². The third-order valence-corrected chi connectivity index (χ3v) is 4.55. The van der Waals surface area contributed by atoms with Gasteiger partial charge in [0, 0.05) is 13.2 Å². The molecule has 0 bridgehead atoms. The second-order valence-electron chi connectivity index (χ2n) is 7.14. The monoisotopic (exact) mass is 420 g/mol. The Morgan fingerprint density at radius 2 is 1.10 bits per heavy atom. The van der Waals surface area contributed by atoms with Gasteiger partial charge in [-0.3, -0.25) is 0 Å². The SMILES string of the molecule is CCCCCCCOCCOCCOCCOCCOCCOC1CCCCO1. The number of rotatable bonds is 22. The van der Waals surface area contributed by atoms with E-state index >= 15 is 0 Å². The molecule has 1 rings (SSSR count). The molecule has 1 fully saturated rings. The van der Waals surface area contributed by atoms with Crippen molar-refractivity contribution in [2.45, 2.75) is 64.6 Å². The van der Waals surface area contributed by atoms with Crippen molar-refractivity contribution in [1.29, 1.82) is 0 Å². The van der Waals surface area contributed by atoms with Crippen LogP contribution in [0.15, 0.2) is 0 Å². The van der Waals surface area contributed by atoms with Crippen LogP contribution in [-0.2, 0) is 33.2 Å². The van der Waals surface area contributed by atoms with Gasteiger partial charge < -0.3 is 33.2 Å². The van der Waals surface area contributed by atoms with Crippen LogP contribution < -0.4 is 0 Å². The van der Waals surface area contributed by atoms with Crippen LogP contribution in [0.3, 0.4) is 0 Å². The predicted molar refractivity (Wildman–Crippen MR) is 112 cm³/mol. The van der Waals surface area contributed by atoms with Crippen molar-refractivity contribution in [2.24, 2.45) is 0 Å². The zero-order valence-corrected chi connectivity index (χ0v) is 18.6. The topological polar surface area (TPSA) is 64.6 Å². The van der Waals surface area contributed by atoms with Crippen LogP contribution in [0.5, 0.6) is 0 Å². The summed E-state index contributed by atoms with van der Waals surface area (Å²) in [5, 5.41) is 0. The number of ether oxygens (including phenoxy) is 7. The first-order chi connectivity index (χ1) is 14.4. The zero-order valence-electron chi connectivity index (χ0n) is 18.6. The van der Waals surface area contributed by atoms with E-state index in [2.05, 4.69) is 6.92 Å². The summed E-state index contributed by atoms with van der Waals surface area (Å²) in [5.41, 5.74) is 0. The summed E-state index contributed by atoms with van der Waals surface area (Å²) in [6.07, 6.45) is 9.60. The molecule has 7 heteroatoms. The van der Waals surface area contributed by atoms with Gasteiger partial charge in [0.1, 0.15) is 0 Å². The van der Waals surface area contributed by atoms with Crippen molar-refractivity contribution in [2.75, 3.05) is 79.3 Å².